The van der Waals surface area contributed by atoms with Crippen molar-refractivity contribution < 1.29 is 9.72 Å². The summed E-state index contributed by atoms with van der Waals surface area (Å²) in [5.41, 5.74) is 2.06. The third-order valence-corrected chi connectivity index (χ3v) is 3.71. The maximum Gasteiger partial charge on any atom is 0.271 e. The first-order valence-corrected chi connectivity index (χ1v) is 6.95. The molecule has 2 aromatic rings. The molecule has 1 heterocycles. The average molecular weight is 348 g/mol. The molecule has 3 rings (SSSR count). The Balaban J connectivity index is 1.91. The summed E-state index contributed by atoms with van der Waals surface area (Å²) in [6.45, 7) is 0. The quantitative estimate of drug-likeness (QED) is 0.657. The molecule has 21 heavy (non-hydrogen) atoms. The third-order valence-electron chi connectivity index (χ3n) is 3.21. The number of carbonyl (C=O) groups is 1. The molecule has 0 aromatic heterocycles. The minimum Gasteiger partial charge on any atom is -0.370 e. The van der Waals surface area contributed by atoms with Crippen LogP contribution in [0.4, 0.5) is 17.1 Å². The number of halogens is 1. The molecule has 0 bridgehead atoms. The number of amides is 1. The molecule has 6 nitrogen and oxygen atoms in total. The fourth-order valence-electron chi connectivity index (χ4n) is 2.25. The van der Waals surface area contributed by atoms with Gasteiger partial charge in [0.2, 0.25) is 0 Å². The van der Waals surface area contributed by atoms with Crippen molar-refractivity contribution in [1.29, 1.82) is 0 Å². The van der Waals surface area contributed by atoms with Crippen molar-refractivity contribution in [3.63, 3.8) is 0 Å². The fourth-order valence-corrected chi connectivity index (χ4v) is 2.61. The number of hydrogen-bond acceptors (Lipinski definition) is 4. The van der Waals surface area contributed by atoms with Crippen LogP contribution in [0.15, 0.2) is 46.9 Å². The van der Waals surface area contributed by atoms with Crippen LogP contribution in [-0.2, 0) is 4.79 Å². The number of nitro groups is 1. The maximum absolute atomic E-state index is 12.0. The first kappa shape index (κ1) is 13.6. The van der Waals surface area contributed by atoms with Gasteiger partial charge in [-0.25, -0.2) is 0 Å². The molecule has 0 spiro atoms. The zero-order valence-electron chi connectivity index (χ0n) is 10.7. The molecule has 0 saturated carbocycles. The summed E-state index contributed by atoms with van der Waals surface area (Å²) in [6.07, 6.45) is 0. The van der Waals surface area contributed by atoms with Crippen molar-refractivity contribution in [3.8, 4) is 0 Å². The van der Waals surface area contributed by atoms with E-state index in [4.69, 9.17) is 0 Å². The van der Waals surface area contributed by atoms with E-state index in [1.54, 1.807) is 12.1 Å². The summed E-state index contributed by atoms with van der Waals surface area (Å²) in [5.74, 6) is -0.186. The van der Waals surface area contributed by atoms with Crippen molar-refractivity contribution in [2.75, 3.05) is 10.6 Å². The van der Waals surface area contributed by atoms with Crippen LogP contribution in [0.3, 0.4) is 0 Å². The van der Waals surface area contributed by atoms with Gasteiger partial charge in [0.15, 0.2) is 0 Å². The molecule has 0 aliphatic carbocycles. The lowest BCUT2D eigenvalue weighted by atomic mass is 10.1. The van der Waals surface area contributed by atoms with Crippen LogP contribution < -0.4 is 10.6 Å². The molecule has 1 unspecified atom stereocenters. The number of benzene rings is 2. The molecule has 1 aliphatic rings. The lowest BCUT2D eigenvalue weighted by Gasteiger charge is -2.12. The Labute approximate surface area is 128 Å². The largest absolute Gasteiger partial charge is 0.370 e. The van der Waals surface area contributed by atoms with Gasteiger partial charge in [-0.05, 0) is 18.2 Å². The predicted octanol–water partition coefficient (Wildman–Crippen LogP) is 3.46. The highest BCUT2D eigenvalue weighted by Crippen LogP contribution is 2.35. The van der Waals surface area contributed by atoms with E-state index in [1.165, 1.54) is 12.1 Å². The summed E-state index contributed by atoms with van der Waals surface area (Å²) in [7, 11) is 0. The maximum atomic E-state index is 12.0. The van der Waals surface area contributed by atoms with Gasteiger partial charge >= 0.3 is 0 Å². The van der Waals surface area contributed by atoms with Crippen LogP contribution in [0, 0.1) is 10.1 Å². The van der Waals surface area contributed by atoms with Gasteiger partial charge in [0.05, 0.1) is 4.92 Å². The van der Waals surface area contributed by atoms with Crippen LogP contribution in [-0.4, -0.2) is 10.8 Å². The van der Waals surface area contributed by atoms with E-state index in [0.717, 1.165) is 15.7 Å². The molecule has 7 heteroatoms. The van der Waals surface area contributed by atoms with Gasteiger partial charge in [0.25, 0.3) is 11.6 Å². The molecule has 1 amide bonds. The Hall–Kier alpha value is -2.41. The number of nitro benzene ring substituents is 1. The number of nitrogens with zero attached hydrogens (tertiary/aromatic N) is 1. The number of fused-ring (bicyclic) bond motifs is 1. The van der Waals surface area contributed by atoms with Crippen LogP contribution in [0.5, 0.6) is 0 Å². The van der Waals surface area contributed by atoms with Crippen LogP contribution in [0.25, 0.3) is 0 Å². The molecule has 2 N–H and O–H groups in total. The second-order valence-electron chi connectivity index (χ2n) is 4.61. The van der Waals surface area contributed by atoms with E-state index in [2.05, 4.69) is 26.6 Å². The summed E-state index contributed by atoms with van der Waals surface area (Å²) < 4.78 is 0.873. The molecule has 0 fully saturated rings. The Morgan fingerprint density at radius 3 is 2.81 bits per heavy atom. The van der Waals surface area contributed by atoms with E-state index in [0.29, 0.717) is 5.69 Å². The Bertz CT molecular complexity index is 748. The average Bonchev–Trinajstić information content (AvgIpc) is 2.74. The Morgan fingerprint density at radius 1 is 1.24 bits per heavy atom. The van der Waals surface area contributed by atoms with Crippen molar-refractivity contribution >= 4 is 38.9 Å². The van der Waals surface area contributed by atoms with Gasteiger partial charge in [0, 0.05) is 33.5 Å². The molecular weight excluding hydrogens is 338 g/mol. The summed E-state index contributed by atoms with van der Waals surface area (Å²) >= 11 is 3.35. The smallest absolute Gasteiger partial charge is 0.271 e. The molecule has 0 saturated heterocycles. The minimum absolute atomic E-state index is 0.0190. The van der Waals surface area contributed by atoms with Crippen LogP contribution in [0.1, 0.15) is 11.6 Å². The lowest BCUT2D eigenvalue weighted by molar-refractivity contribution is -0.384. The fraction of sp³-hybridized carbons (Fsp3) is 0.0714. The van der Waals surface area contributed by atoms with Gasteiger partial charge in [-0.15, -0.1) is 0 Å². The second-order valence-corrected chi connectivity index (χ2v) is 5.52. The Morgan fingerprint density at radius 2 is 2.05 bits per heavy atom. The van der Waals surface area contributed by atoms with E-state index in [1.807, 2.05) is 18.2 Å². The molecule has 2 aromatic carbocycles. The number of carbonyl (C=O) groups excluding carboxylic acids is 1. The molecule has 0 radical (unpaired) electrons. The van der Waals surface area contributed by atoms with Crippen LogP contribution >= 0.6 is 15.9 Å². The van der Waals surface area contributed by atoms with E-state index in [9.17, 15) is 14.9 Å². The predicted molar refractivity (Wildman–Crippen MR) is 82.2 cm³/mol. The first-order valence-electron chi connectivity index (χ1n) is 6.16. The minimum atomic E-state index is -0.560. The lowest BCUT2D eigenvalue weighted by Crippen LogP contribution is -2.19. The molecule has 1 aliphatic heterocycles. The van der Waals surface area contributed by atoms with Gasteiger partial charge in [-0.1, -0.05) is 28.1 Å². The van der Waals surface area contributed by atoms with E-state index >= 15 is 0 Å². The molecule has 1 atom stereocenters. The number of anilines is 2. The van der Waals surface area contributed by atoms with Gasteiger partial charge in [-0.3, -0.25) is 14.9 Å². The molecule has 106 valence electrons. The highest BCUT2D eigenvalue weighted by atomic mass is 79.9. The highest BCUT2D eigenvalue weighted by molar-refractivity contribution is 9.10. The number of hydrogen-bond donors (Lipinski definition) is 2. The summed E-state index contributed by atoms with van der Waals surface area (Å²) in [4.78, 5) is 22.4. The standard InChI is InChI=1S/C14H10BrN3O3/c15-8-4-5-11-12(6-8)17-14(19)13(11)16-9-2-1-3-10(7-9)18(20)21/h1-7,13,16H,(H,17,19). The monoisotopic (exact) mass is 347 g/mol. The SMILES string of the molecule is O=C1Nc2cc(Br)ccc2C1Nc1cccc([N+](=O)[O-])c1. The second kappa shape index (κ2) is 5.17. The van der Waals surface area contributed by atoms with Crippen molar-refractivity contribution in [2.45, 2.75) is 6.04 Å². The number of non-ortho nitro benzene ring substituents is 1. The zero-order chi connectivity index (χ0) is 15.0. The number of nitrogens with one attached hydrogen (secondary N) is 2. The Kier molecular flexibility index (Phi) is 3.34. The van der Waals surface area contributed by atoms with Gasteiger partial charge < -0.3 is 10.6 Å². The van der Waals surface area contributed by atoms with Crippen molar-refractivity contribution in [3.05, 3.63) is 62.6 Å². The summed E-state index contributed by atoms with van der Waals surface area (Å²) in [6, 6.07) is 11.0. The third kappa shape index (κ3) is 2.59. The van der Waals surface area contributed by atoms with Crippen LogP contribution in [0.2, 0.25) is 0 Å². The molecular formula is C14H10BrN3O3. The number of rotatable bonds is 3. The van der Waals surface area contributed by atoms with Crippen molar-refractivity contribution in [2.24, 2.45) is 0 Å². The van der Waals surface area contributed by atoms with E-state index in [-0.39, 0.29) is 11.6 Å². The van der Waals surface area contributed by atoms with E-state index < -0.39 is 11.0 Å². The zero-order valence-corrected chi connectivity index (χ0v) is 12.3. The first-order chi connectivity index (χ1) is 10.0. The van der Waals surface area contributed by atoms with Gasteiger partial charge in [0.1, 0.15) is 6.04 Å². The van der Waals surface area contributed by atoms with Gasteiger partial charge in [-0.2, -0.15) is 0 Å². The topological polar surface area (TPSA) is 84.3 Å². The normalized spacial score (nSPS) is 16.2. The highest BCUT2D eigenvalue weighted by Gasteiger charge is 2.30. The van der Waals surface area contributed by atoms with Crippen molar-refractivity contribution in [1.82, 2.24) is 0 Å². The summed E-state index contributed by atoms with van der Waals surface area (Å²) in [5, 5.41) is 16.6.